The third-order valence-electron chi connectivity index (χ3n) is 6.25. The molecule has 3 saturated carbocycles. The van der Waals surface area contributed by atoms with Crippen LogP contribution in [0.5, 0.6) is 0 Å². The van der Waals surface area contributed by atoms with Crippen LogP contribution in [-0.2, 0) is 23.9 Å². The third-order valence-corrected chi connectivity index (χ3v) is 6.25. The van der Waals surface area contributed by atoms with Crippen LogP contribution in [0.25, 0.3) is 0 Å². The van der Waals surface area contributed by atoms with Crippen LogP contribution >= 0.6 is 0 Å². The first kappa shape index (κ1) is 16.2. The largest absolute Gasteiger partial charge is 0.480 e. The van der Waals surface area contributed by atoms with Gasteiger partial charge in [-0.05, 0) is 37.5 Å². The van der Waals surface area contributed by atoms with E-state index in [-0.39, 0.29) is 11.8 Å². The highest BCUT2D eigenvalue weighted by Crippen LogP contribution is 2.60. The Bertz CT molecular complexity index is 672. The molecule has 3 unspecified atom stereocenters. The number of fused-ring (bicyclic) bond motifs is 4. The average Bonchev–Trinajstić information content (AvgIpc) is 2.80. The van der Waals surface area contributed by atoms with Gasteiger partial charge in [0.05, 0.1) is 0 Å². The molecule has 136 valence electrons. The van der Waals surface area contributed by atoms with E-state index in [9.17, 15) is 19.5 Å². The number of carboxylic acids is 1. The Kier molecular flexibility index (Phi) is 3.66. The maximum absolute atomic E-state index is 12.5. The summed E-state index contributed by atoms with van der Waals surface area (Å²) in [6.07, 6.45) is 5.81. The molecule has 1 spiro atoms. The maximum atomic E-state index is 12.5. The number of carboxylic acid groups (broad SMARTS) is 1. The molecule has 0 aromatic heterocycles. The van der Waals surface area contributed by atoms with Crippen molar-refractivity contribution < 1.29 is 34.1 Å². The van der Waals surface area contributed by atoms with Gasteiger partial charge < -0.3 is 25.0 Å². The molecule has 25 heavy (non-hydrogen) atoms. The van der Waals surface area contributed by atoms with Gasteiger partial charge in [0.2, 0.25) is 5.57 Å². The second-order valence-corrected chi connectivity index (χ2v) is 7.52. The van der Waals surface area contributed by atoms with Crippen molar-refractivity contribution in [3.05, 3.63) is 11.5 Å². The third kappa shape index (κ3) is 2.46. The molecule has 3 bridgehead atoms. The van der Waals surface area contributed by atoms with E-state index in [4.69, 9.17) is 14.6 Å². The van der Waals surface area contributed by atoms with Crippen LogP contribution in [0.15, 0.2) is 11.5 Å². The van der Waals surface area contributed by atoms with Gasteiger partial charge in [0, 0.05) is 11.8 Å². The number of aliphatic hydroxyl groups excluding tert-OH is 1. The van der Waals surface area contributed by atoms with E-state index < -0.39 is 41.7 Å². The summed E-state index contributed by atoms with van der Waals surface area (Å²) in [7, 11) is 0. The number of aliphatic hydroxyl groups is 1. The van der Waals surface area contributed by atoms with Crippen molar-refractivity contribution in [1.82, 2.24) is 5.32 Å². The molecule has 3 fully saturated rings. The first-order chi connectivity index (χ1) is 11.9. The van der Waals surface area contributed by atoms with Crippen LogP contribution in [0.1, 0.15) is 38.5 Å². The summed E-state index contributed by atoms with van der Waals surface area (Å²) in [5.74, 6) is -3.89. The van der Waals surface area contributed by atoms with E-state index >= 15 is 0 Å². The van der Waals surface area contributed by atoms with Gasteiger partial charge in [-0.25, -0.2) is 4.79 Å². The summed E-state index contributed by atoms with van der Waals surface area (Å²) in [5, 5.41) is 20.9. The second kappa shape index (κ2) is 5.64. The standard InChI is InChI=1S/C17H21NO7/c19-12(20)7-18-14(21)13-15(22)24-17(25-16(13)23)10-3-1-2-8-4-11(17)6-9(8)5-10/h8-11,22H,1-7H2,(H,18,21)(H,19,20)/t8-,9?,10-,11?,17?/m0/s1. The molecule has 4 rings (SSSR count). The quantitative estimate of drug-likeness (QED) is 0.513. The fourth-order valence-electron chi connectivity index (χ4n) is 5.26. The Morgan fingerprint density at radius 1 is 1.12 bits per heavy atom. The Morgan fingerprint density at radius 2 is 1.84 bits per heavy atom. The SMILES string of the molecule is O=C(O)CNC(=O)C1=C(O)OC2(OC1=O)C1CC3C[C@@H]2CCC[C@H]3C1. The Hall–Kier alpha value is -2.25. The first-order valence-corrected chi connectivity index (χ1v) is 8.76. The Labute approximate surface area is 144 Å². The summed E-state index contributed by atoms with van der Waals surface area (Å²) in [6.45, 7) is -0.664. The monoisotopic (exact) mass is 351 g/mol. The molecule has 0 saturated heterocycles. The number of carbonyl (C=O) groups is 3. The molecular weight excluding hydrogens is 330 g/mol. The van der Waals surface area contributed by atoms with Crippen molar-refractivity contribution in [2.45, 2.75) is 44.3 Å². The first-order valence-electron chi connectivity index (χ1n) is 8.76. The molecule has 0 radical (unpaired) electrons. The van der Waals surface area contributed by atoms with E-state index in [0.29, 0.717) is 11.8 Å². The number of hydrogen-bond donors (Lipinski definition) is 3. The van der Waals surface area contributed by atoms with E-state index in [1.54, 1.807) is 0 Å². The highest BCUT2D eigenvalue weighted by molar-refractivity contribution is 6.17. The number of nitrogens with one attached hydrogen (secondary N) is 1. The molecule has 1 amide bonds. The van der Waals surface area contributed by atoms with Crippen molar-refractivity contribution in [1.29, 1.82) is 0 Å². The van der Waals surface area contributed by atoms with Gasteiger partial charge in [0.1, 0.15) is 6.54 Å². The number of hydrogen-bond acceptors (Lipinski definition) is 6. The number of esters is 1. The van der Waals surface area contributed by atoms with Gasteiger partial charge in [-0.15, -0.1) is 0 Å². The number of rotatable bonds is 3. The van der Waals surface area contributed by atoms with Gasteiger partial charge in [0.25, 0.3) is 11.7 Å². The average molecular weight is 351 g/mol. The highest BCUT2D eigenvalue weighted by Gasteiger charge is 2.63. The van der Waals surface area contributed by atoms with Crippen molar-refractivity contribution >= 4 is 17.8 Å². The van der Waals surface area contributed by atoms with Gasteiger partial charge in [0.15, 0.2) is 0 Å². The summed E-state index contributed by atoms with van der Waals surface area (Å²) in [5.41, 5.74) is -0.667. The minimum Gasteiger partial charge on any atom is -0.480 e. The Balaban J connectivity index is 1.62. The van der Waals surface area contributed by atoms with Crippen molar-refractivity contribution in [2.75, 3.05) is 6.54 Å². The fraction of sp³-hybridized carbons (Fsp3) is 0.706. The summed E-state index contributed by atoms with van der Waals surface area (Å²) >= 11 is 0. The van der Waals surface area contributed by atoms with Crippen LogP contribution in [0.2, 0.25) is 0 Å². The Morgan fingerprint density at radius 3 is 2.56 bits per heavy atom. The zero-order valence-corrected chi connectivity index (χ0v) is 13.7. The topological polar surface area (TPSA) is 122 Å². The molecule has 0 aromatic carbocycles. The molecule has 5 atom stereocenters. The molecule has 1 heterocycles. The lowest BCUT2D eigenvalue weighted by Gasteiger charge is -2.48. The van der Waals surface area contributed by atoms with E-state index in [1.165, 1.54) is 6.42 Å². The second-order valence-electron chi connectivity index (χ2n) is 7.52. The van der Waals surface area contributed by atoms with Crippen LogP contribution in [0.3, 0.4) is 0 Å². The molecule has 3 aliphatic carbocycles. The van der Waals surface area contributed by atoms with E-state index in [2.05, 4.69) is 0 Å². The lowest BCUT2D eigenvalue weighted by atomic mass is 9.74. The number of amides is 1. The lowest BCUT2D eigenvalue weighted by Crippen LogP contribution is -2.56. The van der Waals surface area contributed by atoms with Crippen molar-refractivity contribution in [3.63, 3.8) is 0 Å². The smallest absolute Gasteiger partial charge is 0.354 e. The fourth-order valence-corrected chi connectivity index (χ4v) is 5.26. The van der Waals surface area contributed by atoms with Crippen LogP contribution < -0.4 is 5.32 Å². The summed E-state index contributed by atoms with van der Waals surface area (Å²) < 4.78 is 11.4. The molecule has 8 nitrogen and oxygen atoms in total. The summed E-state index contributed by atoms with van der Waals surface area (Å²) in [6, 6.07) is 0. The molecular formula is C17H21NO7. The summed E-state index contributed by atoms with van der Waals surface area (Å²) in [4.78, 5) is 35.0. The van der Waals surface area contributed by atoms with Gasteiger partial charge in [-0.1, -0.05) is 12.8 Å². The van der Waals surface area contributed by atoms with E-state index in [0.717, 1.165) is 32.1 Å². The molecule has 8 heteroatoms. The number of ether oxygens (including phenoxy) is 2. The van der Waals surface area contributed by atoms with Gasteiger partial charge in [-0.2, -0.15) is 0 Å². The normalized spacial score (nSPS) is 39.0. The molecule has 3 N–H and O–H groups in total. The zero-order valence-electron chi connectivity index (χ0n) is 13.7. The van der Waals surface area contributed by atoms with Crippen LogP contribution in [-0.4, -0.2) is 40.4 Å². The predicted octanol–water partition coefficient (Wildman–Crippen LogP) is 1.07. The highest BCUT2D eigenvalue weighted by atomic mass is 16.8. The molecule has 0 aromatic rings. The van der Waals surface area contributed by atoms with Crippen molar-refractivity contribution in [2.24, 2.45) is 23.7 Å². The van der Waals surface area contributed by atoms with Gasteiger partial charge >= 0.3 is 17.9 Å². The van der Waals surface area contributed by atoms with Crippen molar-refractivity contribution in [3.8, 4) is 0 Å². The minimum atomic E-state index is -1.26. The van der Waals surface area contributed by atoms with Crippen LogP contribution in [0, 0.1) is 23.7 Å². The molecule has 4 aliphatic rings. The molecule has 1 aliphatic heterocycles. The maximum Gasteiger partial charge on any atom is 0.354 e. The lowest BCUT2D eigenvalue weighted by molar-refractivity contribution is -0.294. The number of carbonyl (C=O) groups excluding carboxylic acids is 2. The predicted molar refractivity (Wildman–Crippen MR) is 81.9 cm³/mol. The zero-order chi connectivity index (χ0) is 17.8. The van der Waals surface area contributed by atoms with E-state index in [1.807, 2.05) is 5.32 Å². The number of aliphatic carboxylic acids is 1. The van der Waals surface area contributed by atoms with Crippen LogP contribution in [0.4, 0.5) is 0 Å². The van der Waals surface area contributed by atoms with Gasteiger partial charge in [-0.3, -0.25) is 9.59 Å². The minimum absolute atomic E-state index is 0.0125.